The number of rotatable bonds is 9. The van der Waals surface area contributed by atoms with Gasteiger partial charge in [-0.2, -0.15) is 4.98 Å². The van der Waals surface area contributed by atoms with Crippen molar-refractivity contribution in [2.45, 2.75) is 47.5 Å². The van der Waals surface area contributed by atoms with Crippen molar-refractivity contribution in [1.29, 1.82) is 0 Å². The van der Waals surface area contributed by atoms with Gasteiger partial charge in [0, 0.05) is 49.8 Å². The first-order valence-electron chi connectivity index (χ1n) is 9.67. The van der Waals surface area contributed by atoms with Gasteiger partial charge >= 0.3 is 0 Å². The van der Waals surface area contributed by atoms with E-state index in [1.165, 1.54) is 17.7 Å². The Morgan fingerprint density at radius 2 is 1.73 bits per heavy atom. The summed E-state index contributed by atoms with van der Waals surface area (Å²) in [6.07, 6.45) is 2.31. The summed E-state index contributed by atoms with van der Waals surface area (Å²) in [5, 5.41) is 3.47. The Labute approximate surface area is 158 Å². The van der Waals surface area contributed by atoms with Gasteiger partial charge in [0.2, 0.25) is 5.95 Å². The van der Waals surface area contributed by atoms with Gasteiger partial charge in [-0.3, -0.25) is 0 Å². The highest BCUT2D eigenvalue weighted by molar-refractivity contribution is 5.66. The summed E-state index contributed by atoms with van der Waals surface area (Å²) < 4.78 is 0. The molecule has 0 saturated carbocycles. The molecule has 0 amide bonds. The van der Waals surface area contributed by atoms with Crippen LogP contribution >= 0.6 is 0 Å². The van der Waals surface area contributed by atoms with E-state index in [4.69, 9.17) is 4.98 Å². The molecule has 142 valence electrons. The van der Waals surface area contributed by atoms with Gasteiger partial charge in [0.1, 0.15) is 5.82 Å². The van der Waals surface area contributed by atoms with Crippen molar-refractivity contribution >= 4 is 23.1 Å². The van der Waals surface area contributed by atoms with Gasteiger partial charge in [-0.1, -0.05) is 13.3 Å². The fourth-order valence-electron chi connectivity index (χ4n) is 2.99. The SMILES string of the molecule is CCCCN(C)c1nc(C)cc(Nc2ccc(N(CC)CC)cc2C)n1. The number of aromatic nitrogens is 2. The highest BCUT2D eigenvalue weighted by Crippen LogP contribution is 2.26. The molecule has 0 aliphatic rings. The summed E-state index contributed by atoms with van der Waals surface area (Å²) in [6, 6.07) is 8.54. The van der Waals surface area contributed by atoms with Crippen LogP contribution in [0.5, 0.6) is 0 Å². The summed E-state index contributed by atoms with van der Waals surface area (Å²) in [5.74, 6) is 1.62. The van der Waals surface area contributed by atoms with Crippen LogP contribution in [-0.4, -0.2) is 36.6 Å². The van der Waals surface area contributed by atoms with Crippen molar-refractivity contribution in [3.05, 3.63) is 35.5 Å². The van der Waals surface area contributed by atoms with E-state index in [-0.39, 0.29) is 0 Å². The second-order valence-corrected chi connectivity index (χ2v) is 6.77. The lowest BCUT2D eigenvalue weighted by Crippen LogP contribution is -2.22. The molecule has 0 spiro atoms. The van der Waals surface area contributed by atoms with E-state index < -0.39 is 0 Å². The molecular weight excluding hydrogens is 322 g/mol. The van der Waals surface area contributed by atoms with E-state index in [1.54, 1.807) is 0 Å². The van der Waals surface area contributed by atoms with E-state index in [9.17, 15) is 0 Å². The number of hydrogen-bond donors (Lipinski definition) is 1. The van der Waals surface area contributed by atoms with Crippen molar-refractivity contribution < 1.29 is 0 Å². The minimum absolute atomic E-state index is 0.776. The molecule has 26 heavy (non-hydrogen) atoms. The largest absolute Gasteiger partial charge is 0.372 e. The molecule has 0 atom stereocenters. The average Bonchev–Trinajstić information content (AvgIpc) is 2.62. The van der Waals surface area contributed by atoms with Gasteiger partial charge in [-0.05, 0) is 57.9 Å². The van der Waals surface area contributed by atoms with Crippen LogP contribution in [0.25, 0.3) is 0 Å². The van der Waals surface area contributed by atoms with Crippen LogP contribution < -0.4 is 15.1 Å². The lowest BCUT2D eigenvalue weighted by Gasteiger charge is -2.22. The van der Waals surface area contributed by atoms with E-state index in [2.05, 4.69) is 73.0 Å². The first kappa shape index (κ1) is 20.0. The van der Waals surface area contributed by atoms with E-state index in [0.29, 0.717) is 0 Å². The number of unbranched alkanes of at least 4 members (excludes halogenated alkanes) is 1. The summed E-state index contributed by atoms with van der Waals surface area (Å²) >= 11 is 0. The zero-order valence-electron chi connectivity index (χ0n) is 17.1. The number of nitrogens with one attached hydrogen (secondary N) is 1. The van der Waals surface area contributed by atoms with Crippen LogP contribution in [0, 0.1) is 13.8 Å². The van der Waals surface area contributed by atoms with Crippen LogP contribution in [0.3, 0.4) is 0 Å². The molecule has 0 unspecified atom stereocenters. The highest BCUT2D eigenvalue weighted by atomic mass is 15.2. The third kappa shape index (κ3) is 5.10. The third-order valence-corrected chi connectivity index (χ3v) is 4.63. The maximum absolute atomic E-state index is 4.71. The molecule has 1 aromatic heterocycles. The second-order valence-electron chi connectivity index (χ2n) is 6.77. The zero-order chi connectivity index (χ0) is 19.1. The van der Waals surface area contributed by atoms with Crippen LogP contribution in [-0.2, 0) is 0 Å². The van der Waals surface area contributed by atoms with E-state index in [0.717, 1.165) is 49.2 Å². The molecular formula is C21H33N5. The standard InChI is InChI=1S/C21H33N5/c1-7-10-13-25(6)21-22-17(5)15-20(24-21)23-19-12-11-18(14-16(19)4)26(8-2)9-3/h11-12,14-15H,7-10,13H2,1-6H3,(H,22,23,24). The van der Waals surface area contributed by atoms with Crippen LogP contribution in [0.4, 0.5) is 23.1 Å². The number of hydrogen-bond acceptors (Lipinski definition) is 5. The topological polar surface area (TPSA) is 44.3 Å². The van der Waals surface area contributed by atoms with Gasteiger partial charge in [0.15, 0.2) is 0 Å². The molecule has 1 N–H and O–H groups in total. The lowest BCUT2D eigenvalue weighted by atomic mass is 10.1. The van der Waals surface area contributed by atoms with Gasteiger partial charge < -0.3 is 15.1 Å². The number of aryl methyl sites for hydroxylation is 2. The molecule has 5 nitrogen and oxygen atoms in total. The molecule has 0 aliphatic carbocycles. The summed E-state index contributed by atoms with van der Waals surface area (Å²) in [4.78, 5) is 13.8. The summed E-state index contributed by atoms with van der Waals surface area (Å²) in [5.41, 5.74) is 4.53. The minimum Gasteiger partial charge on any atom is -0.372 e. The molecule has 1 aromatic carbocycles. The van der Waals surface area contributed by atoms with Gasteiger partial charge in [-0.25, -0.2) is 4.98 Å². The maximum Gasteiger partial charge on any atom is 0.227 e. The predicted octanol–water partition coefficient (Wildman–Crippen LogP) is 4.92. The van der Waals surface area contributed by atoms with Gasteiger partial charge in [-0.15, -0.1) is 0 Å². The van der Waals surface area contributed by atoms with Crippen molar-refractivity contribution in [3.63, 3.8) is 0 Å². The van der Waals surface area contributed by atoms with Crippen LogP contribution in [0.1, 0.15) is 44.9 Å². The van der Waals surface area contributed by atoms with E-state index in [1.807, 2.05) is 13.0 Å². The monoisotopic (exact) mass is 355 g/mol. The first-order valence-corrected chi connectivity index (χ1v) is 9.67. The maximum atomic E-state index is 4.71. The van der Waals surface area contributed by atoms with Crippen molar-refractivity contribution in [2.24, 2.45) is 0 Å². The number of anilines is 4. The molecule has 0 aliphatic heterocycles. The third-order valence-electron chi connectivity index (χ3n) is 4.63. The van der Waals surface area contributed by atoms with Crippen molar-refractivity contribution in [1.82, 2.24) is 9.97 Å². The Balaban J connectivity index is 2.21. The predicted molar refractivity (Wildman–Crippen MR) is 113 cm³/mol. The van der Waals surface area contributed by atoms with Crippen LogP contribution in [0.15, 0.2) is 24.3 Å². The summed E-state index contributed by atoms with van der Waals surface area (Å²) in [7, 11) is 2.05. The fourth-order valence-corrected chi connectivity index (χ4v) is 2.99. The number of nitrogens with zero attached hydrogens (tertiary/aromatic N) is 4. The van der Waals surface area contributed by atoms with Gasteiger partial charge in [0.25, 0.3) is 0 Å². The molecule has 0 bridgehead atoms. The summed E-state index contributed by atoms with van der Waals surface area (Å²) in [6.45, 7) is 13.7. The van der Waals surface area contributed by atoms with Gasteiger partial charge in [0.05, 0.1) is 0 Å². The van der Waals surface area contributed by atoms with Crippen molar-refractivity contribution in [2.75, 3.05) is 41.8 Å². The quantitative estimate of drug-likeness (QED) is 0.692. The molecule has 0 fully saturated rings. The van der Waals surface area contributed by atoms with Crippen LogP contribution in [0.2, 0.25) is 0 Å². The Morgan fingerprint density at radius 3 is 2.35 bits per heavy atom. The molecule has 2 aromatic rings. The highest BCUT2D eigenvalue weighted by Gasteiger charge is 2.09. The van der Waals surface area contributed by atoms with Crippen molar-refractivity contribution in [3.8, 4) is 0 Å². The Hall–Kier alpha value is -2.30. The lowest BCUT2D eigenvalue weighted by molar-refractivity contribution is 0.749. The normalized spacial score (nSPS) is 10.7. The smallest absolute Gasteiger partial charge is 0.227 e. The second kappa shape index (κ2) is 9.41. The molecule has 5 heteroatoms. The first-order chi connectivity index (χ1) is 12.5. The zero-order valence-corrected chi connectivity index (χ0v) is 17.1. The average molecular weight is 356 g/mol. The molecule has 2 rings (SSSR count). The fraction of sp³-hybridized carbons (Fsp3) is 0.524. The Bertz CT molecular complexity index is 710. The molecule has 1 heterocycles. The molecule has 0 saturated heterocycles. The minimum atomic E-state index is 0.776. The molecule has 0 radical (unpaired) electrons. The Kier molecular flexibility index (Phi) is 7.25. The Morgan fingerprint density at radius 1 is 1.00 bits per heavy atom. The number of benzene rings is 1. The van der Waals surface area contributed by atoms with E-state index >= 15 is 0 Å².